The minimum atomic E-state index is -0.669. The Morgan fingerprint density at radius 1 is 1.42 bits per heavy atom. The fourth-order valence-electron chi connectivity index (χ4n) is 2.36. The molecule has 1 fully saturated rings. The summed E-state index contributed by atoms with van der Waals surface area (Å²) in [5.74, 6) is -0.174. The summed E-state index contributed by atoms with van der Waals surface area (Å²) in [7, 11) is 0. The van der Waals surface area contributed by atoms with E-state index in [9.17, 15) is 14.5 Å². The highest BCUT2D eigenvalue weighted by molar-refractivity contribution is 5.50. The predicted octanol–water partition coefficient (Wildman–Crippen LogP) is 2.91. The molecule has 0 radical (unpaired) electrons. The summed E-state index contributed by atoms with van der Waals surface area (Å²) >= 11 is 0. The second-order valence-corrected chi connectivity index (χ2v) is 5.38. The van der Waals surface area contributed by atoms with Crippen molar-refractivity contribution in [2.75, 3.05) is 18.5 Å². The molecule has 1 saturated heterocycles. The number of rotatable bonds is 6. The first-order valence-corrected chi connectivity index (χ1v) is 7.49. The Morgan fingerprint density at radius 3 is 3.00 bits per heavy atom. The maximum absolute atomic E-state index is 13.8. The Hall–Kier alpha value is -2.74. The van der Waals surface area contributed by atoms with Crippen LogP contribution in [-0.2, 0) is 11.3 Å². The van der Waals surface area contributed by atoms with E-state index < -0.39 is 10.7 Å². The van der Waals surface area contributed by atoms with Gasteiger partial charge in [0.1, 0.15) is 6.10 Å². The SMILES string of the molecule is O=[N+]([O-])c1ccc(NCc2ccnc(OC3CCOC3)c2)c(F)c1. The number of halogens is 1. The lowest BCUT2D eigenvalue weighted by Crippen LogP contribution is -2.16. The van der Waals surface area contributed by atoms with Crippen LogP contribution < -0.4 is 10.1 Å². The van der Waals surface area contributed by atoms with Crippen molar-refractivity contribution in [1.29, 1.82) is 0 Å². The van der Waals surface area contributed by atoms with E-state index >= 15 is 0 Å². The molecule has 1 aromatic heterocycles. The highest BCUT2D eigenvalue weighted by atomic mass is 19.1. The van der Waals surface area contributed by atoms with Gasteiger partial charge in [-0.15, -0.1) is 0 Å². The number of non-ortho nitro benzene ring substituents is 1. The third-order valence-corrected chi connectivity index (χ3v) is 3.62. The van der Waals surface area contributed by atoms with Gasteiger partial charge in [0.2, 0.25) is 5.88 Å². The van der Waals surface area contributed by atoms with E-state index in [1.54, 1.807) is 18.3 Å². The van der Waals surface area contributed by atoms with Crippen molar-refractivity contribution in [1.82, 2.24) is 4.98 Å². The number of nitro benzene ring substituents is 1. The van der Waals surface area contributed by atoms with Crippen LogP contribution in [0.15, 0.2) is 36.5 Å². The molecular formula is C16H16FN3O4. The van der Waals surface area contributed by atoms with Gasteiger partial charge in [-0.3, -0.25) is 10.1 Å². The molecule has 0 amide bonds. The Kier molecular flexibility index (Phi) is 4.85. The molecule has 2 heterocycles. The second kappa shape index (κ2) is 7.22. The van der Waals surface area contributed by atoms with Gasteiger partial charge in [0, 0.05) is 31.3 Å². The predicted molar refractivity (Wildman–Crippen MR) is 84.5 cm³/mol. The molecule has 0 bridgehead atoms. The number of nitrogens with one attached hydrogen (secondary N) is 1. The molecule has 3 rings (SSSR count). The number of benzene rings is 1. The van der Waals surface area contributed by atoms with Gasteiger partial charge in [-0.1, -0.05) is 0 Å². The Labute approximate surface area is 137 Å². The first kappa shape index (κ1) is 16.1. The quantitative estimate of drug-likeness (QED) is 0.646. The number of nitrogens with zero attached hydrogens (tertiary/aromatic N) is 2. The normalized spacial score (nSPS) is 16.8. The molecule has 2 aromatic rings. The van der Waals surface area contributed by atoms with E-state index in [4.69, 9.17) is 9.47 Å². The number of hydrogen-bond donors (Lipinski definition) is 1. The maximum atomic E-state index is 13.8. The highest BCUT2D eigenvalue weighted by Gasteiger charge is 2.17. The first-order valence-electron chi connectivity index (χ1n) is 7.49. The smallest absolute Gasteiger partial charge is 0.272 e. The molecule has 1 unspecified atom stereocenters. The van der Waals surface area contributed by atoms with Crippen molar-refractivity contribution >= 4 is 11.4 Å². The monoisotopic (exact) mass is 333 g/mol. The van der Waals surface area contributed by atoms with Crippen molar-refractivity contribution in [2.24, 2.45) is 0 Å². The standard InChI is InChI=1S/C16H16FN3O4/c17-14-8-12(20(21)22)1-2-15(14)19-9-11-3-5-18-16(7-11)24-13-4-6-23-10-13/h1-3,5,7-8,13,19H,4,6,9-10H2. The van der Waals surface area contributed by atoms with E-state index in [-0.39, 0.29) is 17.5 Å². The van der Waals surface area contributed by atoms with Gasteiger partial charge in [0.15, 0.2) is 5.82 Å². The number of nitro groups is 1. The van der Waals surface area contributed by atoms with Crippen LogP contribution in [-0.4, -0.2) is 29.2 Å². The average Bonchev–Trinajstić information content (AvgIpc) is 3.07. The summed E-state index contributed by atoms with van der Waals surface area (Å²) in [5.41, 5.74) is 0.775. The van der Waals surface area contributed by atoms with E-state index in [1.165, 1.54) is 12.1 Å². The lowest BCUT2D eigenvalue weighted by Gasteiger charge is -2.12. The number of anilines is 1. The van der Waals surface area contributed by atoms with Crippen LogP contribution in [0.5, 0.6) is 5.88 Å². The molecule has 1 aliphatic rings. The summed E-state index contributed by atoms with van der Waals surface area (Å²) < 4.78 is 24.8. The molecule has 0 saturated carbocycles. The summed E-state index contributed by atoms with van der Waals surface area (Å²) in [6.07, 6.45) is 2.46. The summed E-state index contributed by atoms with van der Waals surface area (Å²) in [5, 5.41) is 13.5. The van der Waals surface area contributed by atoms with Gasteiger partial charge in [0.25, 0.3) is 5.69 Å². The van der Waals surface area contributed by atoms with Gasteiger partial charge in [0.05, 0.1) is 29.9 Å². The zero-order valence-electron chi connectivity index (χ0n) is 12.8. The first-order chi connectivity index (χ1) is 11.6. The summed E-state index contributed by atoms with van der Waals surface area (Å²) in [4.78, 5) is 14.1. The van der Waals surface area contributed by atoms with Crippen molar-refractivity contribution in [3.63, 3.8) is 0 Å². The van der Waals surface area contributed by atoms with Crippen molar-refractivity contribution < 1.29 is 18.8 Å². The molecule has 0 aliphatic carbocycles. The van der Waals surface area contributed by atoms with Crippen LogP contribution in [0.1, 0.15) is 12.0 Å². The zero-order chi connectivity index (χ0) is 16.9. The molecule has 0 spiro atoms. The van der Waals surface area contributed by atoms with E-state index in [1.807, 2.05) is 0 Å². The van der Waals surface area contributed by atoms with E-state index in [0.717, 1.165) is 18.1 Å². The molecule has 126 valence electrons. The van der Waals surface area contributed by atoms with Crippen molar-refractivity contribution in [3.8, 4) is 5.88 Å². The summed E-state index contributed by atoms with van der Waals surface area (Å²) in [6.45, 7) is 1.58. The van der Waals surface area contributed by atoms with Gasteiger partial charge in [-0.2, -0.15) is 0 Å². The van der Waals surface area contributed by atoms with Gasteiger partial charge in [-0.05, 0) is 17.7 Å². The van der Waals surface area contributed by atoms with Crippen LogP contribution in [0.25, 0.3) is 0 Å². The number of hydrogen-bond acceptors (Lipinski definition) is 6. The van der Waals surface area contributed by atoms with Crippen LogP contribution in [0.3, 0.4) is 0 Å². The number of pyridine rings is 1. The van der Waals surface area contributed by atoms with Crippen molar-refractivity contribution in [2.45, 2.75) is 19.1 Å². The Morgan fingerprint density at radius 2 is 2.29 bits per heavy atom. The third kappa shape index (κ3) is 3.96. The van der Waals surface area contributed by atoms with Crippen LogP contribution in [0.4, 0.5) is 15.8 Å². The Balaban J connectivity index is 1.63. The maximum Gasteiger partial charge on any atom is 0.272 e. The molecule has 1 aliphatic heterocycles. The zero-order valence-corrected chi connectivity index (χ0v) is 12.8. The fourth-order valence-corrected chi connectivity index (χ4v) is 2.36. The molecule has 7 nitrogen and oxygen atoms in total. The van der Waals surface area contributed by atoms with Gasteiger partial charge >= 0.3 is 0 Å². The van der Waals surface area contributed by atoms with Crippen LogP contribution in [0.2, 0.25) is 0 Å². The topological polar surface area (TPSA) is 86.5 Å². The molecular weight excluding hydrogens is 317 g/mol. The fraction of sp³-hybridized carbons (Fsp3) is 0.312. The summed E-state index contributed by atoms with van der Waals surface area (Å²) in [6, 6.07) is 7.06. The second-order valence-electron chi connectivity index (χ2n) is 5.38. The van der Waals surface area contributed by atoms with Crippen molar-refractivity contribution in [3.05, 3.63) is 58.0 Å². The minimum Gasteiger partial charge on any atom is -0.472 e. The lowest BCUT2D eigenvalue weighted by atomic mass is 10.2. The van der Waals surface area contributed by atoms with Gasteiger partial charge < -0.3 is 14.8 Å². The van der Waals surface area contributed by atoms with Crippen LogP contribution in [0, 0.1) is 15.9 Å². The Bertz CT molecular complexity index is 735. The minimum absolute atomic E-state index is 0.00725. The molecule has 1 atom stereocenters. The highest BCUT2D eigenvalue weighted by Crippen LogP contribution is 2.22. The molecule has 1 aromatic carbocycles. The van der Waals surface area contributed by atoms with E-state index in [2.05, 4.69) is 10.3 Å². The number of aromatic nitrogens is 1. The molecule has 1 N–H and O–H groups in total. The number of ether oxygens (including phenoxy) is 2. The third-order valence-electron chi connectivity index (χ3n) is 3.62. The largest absolute Gasteiger partial charge is 0.472 e. The molecule has 8 heteroatoms. The average molecular weight is 333 g/mol. The molecule has 24 heavy (non-hydrogen) atoms. The van der Waals surface area contributed by atoms with Gasteiger partial charge in [-0.25, -0.2) is 9.37 Å². The van der Waals surface area contributed by atoms with E-state index in [0.29, 0.717) is 25.6 Å². The lowest BCUT2D eigenvalue weighted by molar-refractivity contribution is -0.385. The van der Waals surface area contributed by atoms with Crippen LogP contribution >= 0.6 is 0 Å².